The minimum Gasteiger partial charge on any atom is -0.367 e. The van der Waals surface area contributed by atoms with E-state index >= 15 is 0 Å². The summed E-state index contributed by atoms with van der Waals surface area (Å²) in [6.45, 7) is 3.31. The predicted molar refractivity (Wildman–Crippen MR) is 122 cm³/mol. The molecule has 2 amide bonds. The van der Waals surface area contributed by atoms with Crippen molar-refractivity contribution in [3.8, 4) is 0 Å². The highest BCUT2D eigenvalue weighted by Gasteiger charge is 2.27. The first-order valence-electron chi connectivity index (χ1n) is 10.8. The molecule has 0 radical (unpaired) electrons. The van der Waals surface area contributed by atoms with Crippen molar-refractivity contribution < 1.29 is 14.3 Å². The van der Waals surface area contributed by atoms with Gasteiger partial charge in [0.15, 0.2) is 6.10 Å². The van der Waals surface area contributed by atoms with Gasteiger partial charge in [-0.2, -0.15) is 5.10 Å². The summed E-state index contributed by atoms with van der Waals surface area (Å²) in [5.74, 6) is 0.451. The van der Waals surface area contributed by atoms with Crippen LogP contribution in [0, 0.1) is 6.92 Å². The first-order valence-corrected chi connectivity index (χ1v) is 10.8. The van der Waals surface area contributed by atoms with E-state index in [4.69, 9.17) is 4.74 Å². The topological polar surface area (TPSA) is 76.5 Å². The molecular weight excluding hydrogens is 404 g/mol. The van der Waals surface area contributed by atoms with Gasteiger partial charge in [0.05, 0.1) is 12.2 Å². The zero-order valence-corrected chi connectivity index (χ0v) is 18.4. The van der Waals surface area contributed by atoms with Gasteiger partial charge in [0, 0.05) is 31.8 Å². The second kappa shape index (κ2) is 9.78. The number of carbonyl (C=O) groups is 2. The Morgan fingerprint density at radius 2 is 1.72 bits per heavy atom. The lowest BCUT2D eigenvalue weighted by Crippen LogP contribution is -2.39. The fourth-order valence-electron chi connectivity index (χ4n) is 4.11. The van der Waals surface area contributed by atoms with Crippen LogP contribution >= 0.6 is 0 Å². The van der Waals surface area contributed by atoms with Gasteiger partial charge in [-0.25, -0.2) is 4.68 Å². The minimum absolute atomic E-state index is 0.0586. The molecule has 0 unspecified atom stereocenters. The Kier molecular flexibility index (Phi) is 6.66. The Hall–Kier alpha value is -3.45. The maximum Gasteiger partial charge on any atom is 0.259 e. The van der Waals surface area contributed by atoms with E-state index in [1.54, 1.807) is 12.3 Å². The summed E-state index contributed by atoms with van der Waals surface area (Å²) in [4.78, 5) is 27.5. The van der Waals surface area contributed by atoms with E-state index in [1.807, 2.05) is 71.1 Å². The van der Waals surface area contributed by atoms with E-state index in [1.165, 1.54) is 7.11 Å². The van der Waals surface area contributed by atoms with Gasteiger partial charge in [0.25, 0.3) is 11.8 Å². The smallest absolute Gasteiger partial charge is 0.259 e. The third-order valence-corrected chi connectivity index (χ3v) is 5.89. The zero-order chi connectivity index (χ0) is 22.5. The number of anilines is 1. The lowest BCUT2D eigenvalue weighted by atomic mass is 10.0. The molecule has 0 aliphatic carbocycles. The first kappa shape index (κ1) is 21.8. The van der Waals surface area contributed by atoms with Gasteiger partial charge in [-0.15, -0.1) is 0 Å². The number of hydrogen-bond acceptors (Lipinski definition) is 4. The number of ether oxygens (including phenoxy) is 1. The van der Waals surface area contributed by atoms with E-state index in [2.05, 4.69) is 10.4 Å². The van der Waals surface area contributed by atoms with Crippen LogP contribution in [0.2, 0.25) is 0 Å². The van der Waals surface area contributed by atoms with Gasteiger partial charge in [-0.05, 0) is 37.5 Å². The summed E-state index contributed by atoms with van der Waals surface area (Å²) in [7, 11) is 1.52. The number of aromatic nitrogens is 2. The molecular formula is C25H28N4O3. The Morgan fingerprint density at radius 1 is 1.03 bits per heavy atom. The van der Waals surface area contributed by atoms with Crippen LogP contribution in [0.1, 0.15) is 46.5 Å². The fourth-order valence-corrected chi connectivity index (χ4v) is 4.11. The molecule has 1 saturated heterocycles. The van der Waals surface area contributed by atoms with Crippen LogP contribution in [-0.2, 0) is 9.53 Å². The molecule has 1 atom stereocenters. The number of likely N-dealkylation sites (tertiary alicyclic amines) is 1. The summed E-state index contributed by atoms with van der Waals surface area (Å²) in [5, 5.41) is 7.40. The highest BCUT2D eigenvalue weighted by molar-refractivity contribution is 5.95. The number of methoxy groups -OCH3 is 1. The molecule has 1 N–H and O–H groups in total. The SMILES string of the molecule is CO[C@@H](C(=O)Nc1ccnn1C1CCN(C(=O)c2ccc(C)cc2)CC1)c1ccccc1. The lowest BCUT2D eigenvalue weighted by molar-refractivity contribution is -0.126. The molecule has 4 rings (SSSR count). The molecule has 7 heteroatoms. The van der Waals surface area contributed by atoms with Crippen LogP contribution in [0.5, 0.6) is 0 Å². The van der Waals surface area contributed by atoms with Gasteiger partial charge in [0.1, 0.15) is 5.82 Å². The third-order valence-electron chi connectivity index (χ3n) is 5.89. The Morgan fingerprint density at radius 3 is 2.38 bits per heavy atom. The third kappa shape index (κ3) is 4.73. The van der Waals surface area contributed by atoms with Crippen LogP contribution in [0.25, 0.3) is 0 Å². The van der Waals surface area contributed by atoms with Crippen LogP contribution in [-0.4, -0.2) is 46.7 Å². The molecule has 2 aromatic carbocycles. The van der Waals surface area contributed by atoms with E-state index in [9.17, 15) is 9.59 Å². The molecule has 0 spiro atoms. The van der Waals surface area contributed by atoms with Crippen LogP contribution in [0.4, 0.5) is 5.82 Å². The van der Waals surface area contributed by atoms with Crippen LogP contribution in [0.15, 0.2) is 66.9 Å². The molecule has 0 saturated carbocycles. The number of benzene rings is 2. The summed E-state index contributed by atoms with van der Waals surface area (Å²) < 4.78 is 7.29. The normalized spacial score (nSPS) is 15.4. The van der Waals surface area contributed by atoms with E-state index < -0.39 is 6.10 Å². The molecule has 1 aromatic heterocycles. The summed E-state index contributed by atoms with van der Waals surface area (Å²) in [6, 6.07) is 19.0. The van der Waals surface area contributed by atoms with Crippen molar-refractivity contribution in [2.24, 2.45) is 0 Å². The van der Waals surface area contributed by atoms with Gasteiger partial charge < -0.3 is 15.0 Å². The number of aryl methyl sites for hydroxylation is 1. The molecule has 3 aromatic rings. The number of hydrogen-bond donors (Lipinski definition) is 1. The van der Waals surface area contributed by atoms with E-state index in [0.717, 1.165) is 24.0 Å². The van der Waals surface area contributed by atoms with Crippen molar-refractivity contribution in [2.75, 3.05) is 25.5 Å². The minimum atomic E-state index is -0.700. The standard InChI is InChI=1S/C25H28N4O3/c1-18-8-10-20(11-9-18)25(31)28-16-13-21(14-17-28)29-22(12-15-26-29)27-24(30)23(32-2)19-6-4-3-5-7-19/h3-12,15,21,23H,13-14,16-17H2,1-2H3,(H,27,30)/t23-/m1/s1. The van der Waals surface area contributed by atoms with Crippen molar-refractivity contribution in [2.45, 2.75) is 31.9 Å². The molecule has 1 fully saturated rings. The summed E-state index contributed by atoms with van der Waals surface area (Å²) in [6.07, 6.45) is 2.53. The zero-order valence-electron chi connectivity index (χ0n) is 18.4. The molecule has 1 aliphatic heterocycles. The molecule has 32 heavy (non-hydrogen) atoms. The number of nitrogens with one attached hydrogen (secondary N) is 1. The molecule has 1 aliphatic rings. The molecule has 7 nitrogen and oxygen atoms in total. The maximum atomic E-state index is 12.9. The predicted octanol–water partition coefficient (Wildman–Crippen LogP) is 4.00. The number of nitrogens with zero attached hydrogens (tertiary/aromatic N) is 3. The second-order valence-electron chi connectivity index (χ2n) is 8.07. The summed E-state index contributed by atoms with van der Waals surface area (Å²) in [5.41, 5.74) is 2.64. The van der Waals surface area contributed by atoms with Gasteiger partial charge in [0.2, 0.25) is 0 Å². The highest BCUT2D eigenvalue weighted by Crippen LogP contribution is 2.27. The average Bonchev–Trinajstić information content (AvgIpc) is 3.28. The Balaban J connectivity index is 1.39. The molecule has 0 bridgehead atoms. The monoisotopic (exact) mass is 432 g/mol. The Bertz CT molecular complexity index is 1050. The molecule has 166 valence electrons. The lowest BCUT2D eigenvalue weighted by Gasteiger charge is -2.33. The van der Waals surface area contributed by atoms with Crippen molar-refractivity contribution in [3.05, 3.63) is 83.6 Å². The fraction of sp³-hybridized carbons (Fsp3) is 0.320. The number of rotatable bonds is 6. The van der Waals surface area contributed by atoms with Crippen molar-refractivity contribution in [1.82, 2.24) is 14.7 Å². The Labute approximate surface area is 188 Å². The quantitative estimate of drug-likeness (QED) is 0.639. The van der Waals surface area contributed by atoms with Crippen LogP contribution < -0.4 is 5.32 Å². The van der Waals surface area contributed by atoms with Crippen molar-refractivity contribution in [1.29, 1.82) is 0 Å². The number of carbonyl (C=O) groups excluding carboxylic acids is 2. The maximum absolute atomic E-state index is 12.9. The highest BCUT2D eigenvalue weighted by atomic mass is 16.5. The van der Waals surface area contributed by atoms with Crippen molar-refractivity contribution in [3.63, 3.8) is 0 Å². The van der Waals surface area contributed by atoms with Gasteiger partial charge in [-0.1, -0.05) is 48.0 Å². The average molecular weight is 433 g/mol. The second-order valence-corrected chi connectivity index (χ2v) is 8.07. The number of amides is 2. The van der Waals surface area contributed by atoms with Gasteiger partial charge in [-0.3, -0.25) is 9.59 Å². The van der Waals surface area contributed by atoms with Gasteiger partial charge >= 0.3 is 0 Å². The van der Waals surface area contributed by atoms with Crippen molar-refractivity contribution >= 4 is 17.6 Å². The molecule has 2 heterocycles. The van der Waals surface area contributed by atoms with E-state index in [-0.39, 0.29) is 17.9 Å². The van der Waals surface area contributed by atoms with Crippen LogP contribution in [0.3, 0.4) is 0 Å². The van der Waals surface area contributed by atoms with E-state index in [0.29, 0.717) is 24.5 Å². The number of piperidine rings is 1. The largest absolute Gasteiger partial charge is 0.367 e. The summed E-state index contributed by atoms with van der Waals surface area (Å²) >= 11 is 0. The first-order chi connectivity index (χ1) is 15.6.